The third kappa shape index (κ3) is 3.05. The molecule has 1 fully saturated rings. The molecular formula is C19H21N3O3. The Morgan fingerprint density at radius 3 is 2.92 bits per heavy atom. The number of fused-ring (bicyclic) bond motifs is 1. The largest absolute Gasteiger partial charge is 0.451 e. The summed E-state index contributed by atoms with van der Waals surface area (Å²) in [7, 11) is 0. The molecule has 3 aromatic rings. The number of para-hydroxylation sites is 1. The number of nitrogens with zero attached hydrogens (tertiary/aromatic N) is 3. The minimum Gasteiger partial charge on any atom is -0.451 e. The minimum atomic E-state index is -0.0707. The maximum Gasteiger partial charge on any atom is 0.290 e. The Balaban J connectivity index is 1.52. The smallest absolute Gasteiger partial charge is 0.290 e. The molecule has 0 bridgehead atoms. The summed E-state index contributed by atoms with van der Waals surface area (Å²) < 4.78 is 13.5. The molecule has 0 saturated carbocycles. The number of hydrogen-bond acceptors (Lipinski definition) is 4. The van der Waals surface area contributed by atoms with Crippen molar-refractivity contribution in [3.05, 3.63) is 53.5 Å². The van der Waals surface area contributed by atoms with Gasteiger partial charge in [0.1, 0.15) is 5.58 Å². The van der Waals surface area contributed by atoms with Crippen LogP contribution in [0.3, 0.4) is 0 Å². The van der Waals surface area contributed by atoms with Crippen molar-refractivity contribution >= 4 is 16.9 Å². The van der Waals surface area contributed by atoms with Crippen LogP contribution in [0.4, 0.5) is 0 Å². The summed E-state index contributed by atoms with van der Waals surface area (Å²) >= 11 is 0. The van der Waals surface area contributed by atoms with Crippen LogP contribution in [0.1, 0.15) is 21.7 Å². The van der Waals surface area contributed by atoms with Crippen molar-refractivity contribution in [1.82, 2.24) is 14.7 Å². The molecule has 1 unspecified atom stereocenters. The van der Waals surface area contributed by atoms with Gasteiger partial charge in [-0.05, 0) is 25.5 Å². The maximum atomic E-state index is 12.9. The summed E-state index contributed by atoms with van der Waals surface area (Å²) in [4.78, 5) is 14.8. The maximum absolute atomic E-state index is 12.9. The molecule has 2 aromatic heterocycles. The fourth-order valence-electron chi connectivity index (χ4n) is 3.31. The van der Waals surface area contributed by atoms with Crippen LogP contribution in [0.15, 0.2) is 41.1 Å². The highest BCUT2D eigenvalue weighted by Crippen LogP contribution is 2.26. The molecule has 0 spiro atoms. The molecule has 6 nitrogen and oxygen atoms in total. The van der Waals surface area contributed by atoms with Crippen LogP contribution in [-0.4, -0.2) is 46.4 Å². The summed E-state index contributed by atoms with van der Waals surface area (Å²) in [6.07, 6.45) is 3.73. The Morgan fingerprint density at radius 1 is 1.32 bits per heavy atom. The van der Waals surface area contributed by atoms with Crippen LogP contribution in [0.25, 0.3) is 11.0 Å². The predicted molar refractivity (Wildman–Crippen MR) is 93.6 cm³/mol. The number of furan rings is 1. The van der Waals surface area contributed by atoms with Gasteiger partial charge in [-0.25, -0.2) is 0 Å². The first-order valence-corrected chi connectivity index (χ1v) is 8.50. The Bertz CT molecular complexity index is 912. The van der Waals surface area contributed by atoms with Gasteiger partial charge in [0.05, 0.1) is 25.5 Å². The van der Waals surface area contributed by atoms with E-state index in [1.165, 1.54) is 0 Å². The van der Waals surface area contributed by atoms with E-state index in [1.807, 2.05) is 60.1 Å². The lowest BCUT2D eigenvalue weighted by Gasteiger charge is -2.32. The molecule has 1 saturated heterocycles. The summed E-state index contributed by atoms with van der Waals surface area (Å²) in [5.74, 6) is 0.357. The Morgan fingerprint density at radius 2 is 2.16 bits per heavy atom. The summed E-state index contributed by atoms with van der Waals surface area (Å²) in [5, 5.41) is 5.28. The first kappa shape index (κ1) is 15.9. The molecule has 1 amide bonds. The van der Waals surface area contributed by atoms with E-state index in [2.05, 4.69) is 5.10 Å². The van der Waals surface area contributed by atoms with Crippen LogP contribution < -0.4 is 0 Å². The number of aromatic nitrogens is 2. The van der Waals surface area contributed by atoms with Crippen LogP contribution >= 0.6 is 0 Å². The van der Waals surface area contributed by atoms with Gasteiger partial charge in [0.25, 0.3) is 5.91 Å². The molecule has 6 heteroatoms. The standard InChI is InChI=1S/C19H21N3O3/c1-13-9-20-22(10-13)12-15-11-21(7-8-24-15)19(23)18-14(2)16-5-3-4-6-17(16)25-18/h3-6,9-10,15H,7-8,11-12H2,1-2H3. The highest BCUT2D eigenvalue weighted by atomic mass is 16.5. The molecule has 1 aliphatic heterocycles. The van der Waals surface area contributed by atoms with E-state index in [9.17, 15) is 4.79 Å². The van der Waals surface area contributed by atoms with Gasteiger partial charge < -0.3 is 14.1 Å². The van der Waals surface area contributed by atoms with E-state index >= 15 is 0 Å². The van der Waals surface area contributed by atoms with Gasteiger partial charge in [-0.2, -0.15) is 5.10 Å². The van der Waals surface area contributed by atoms with Crippen LogP contribution in [0.5, 0.6) is 0 Å². The molecular weight excluding hydrogens is 318 g/mol. The monoisotopic (exact) mass is 339 g/mol. The zero-order chi connectivity index (χ0) is 17.4. The second kappa shape index (κ2) is 6.37. The minimum absolute atomic E-state index is 0.0679. The van der Waals surface area contributed by atoms with Crippen molar-refractivity contribution in [3.8, 4) is 0 Å². The highest BCUT2D eigenvalue weighted by Gasteiger charge is 2.29. The second-order valence-corrected chi connectivity index (χ2v) is 6.54. The average Bonchev–Trinajstić information content (AvgIpc) is 3.18. The van der Waals surface area contributed by atoms with E-state index in [-0.39, 0.29) is 12.0 Å². The number of morpholine rings is 1. The molecule has 130 valence electrons. The number of aryl methyl sites for hydroxylation is 2. The van der Waals surface area contributed by atoms with Crippen LogP contribution in [0, 0.1) is 13.8 Å². The van der Waals surface area contributed by atoms with Crippen LogP contribution in [0.2, 0.25) is 0 Å². The van der Waals surface area contributed by atoms with E-state index in [4.69, 9.17) is 9.15 Å². The molecule has 1 aliphatic rings. The molecule has 0 aliphatic carbocycles. The number of carbonyl (C=O) groups is 1. The van der Waals surface area contributed by atoms with Crippen LogP contribution in [-0.2, 0) is 11.3 Å². The number of benzene rings is 1. The van der Waals surface area contributed by atoms with Gasteiger partial charge >= 0.3 is 0 Å². The van der Waals surface area contributed by atoms with Crippen molar-refractivity contribution in [2.75, 3.05) is 19.7 Å². The molecule has 0 N–H and O–H groups in total. The van der Waals surface area contributed by atoms with Crippen molar-refractivity contribution in [1.29, 1.82) is 0 Å². The number of hydrogen-bond donors (Lipinski definition) is 0. The van der Waals surface area contributed by atoms with Gasteiger partial charge in [-0.3, -0.25) is 9.48 Å². The number of ether oxygens (including phenoxy) is 1. The lowest BCUT2D eigenvalue weighted by molar-refractivity contribution is -0.0308. The quantitative estimate of drug-likeness (QED) is 0.736. The lowest BCUT2D eigenvalue weighted by atomic mass is 10.1. The van der Waals surface area contributed by atoms with E-state index in [0.29, 0.717) is 32.0 Å². The predicted octanol–water partition coefficient (Wildman–Crippen LogP) is 2.79. The van der Waals surface area contributed by atoms with Gasteiger partial charge in [-0.1, -0.05) is 18.2 Å². The summed E-state index contributed by atoms with van der Waals surface area (Å²) in [5.41, 5.74) is 2.76. The fourth-order valence-corrected chi connectivity index (χ4v) is 3.31. The van der Waals surface area contributed by atoms with E-state index < -0.39 is 0 Å². The van der Waals surface area contributed by atoms with Gasteiger partial charge in [0.15, 0.2) is 5.76 Å². The highest BCUT2D eigenvalue weighted by molar-refractivity contribution is 5.98. The summed E-state index contributed by atoms with van der Waals surface area (Å²) in [6.45, 7) is 6.21. The normalized spacial score (nSPS) is 18.0. The van der Waals surface area contributed by atoms with Crippen molar-refractivity contribution in [2.45, 2.75) is 26.5 Å². The molecule has 4 rings (SSSR count). The molecule has 25 heavy (non-hydrogen) atoms. The molecule has 1 aromatic carbocycles. The topological polar surface area (TPSA) is 60.5 Å². The zero-order valence-electron chi connectivity index (χ0n) is 14.4. The number of rotatable bonds is 3. The van der Waals surface area contributed by atoms with Crippen molar-refractivity contribution in [2.24, 2.45) is 0 Å². The summed E-state index contributed by atoms with van der Waals surface area (Å²) in [6, 6.07) is 7.74. The van der Waals surface area contributed by atoms with Crippen molar-refractivity contribution < 1.29 is 13.9 Å². The Kier molecular flexibility index (Phi) is 4.05. The Hall–Kier alpha value is -2.60. The van der Waals surface area contributed by atoms with Gasteiger partial charge in [-0.15, -0.1) is 0 Å². The lowest BCUT2D eigenvalue weighted by Crippen LogP contribution is -2.47. The third-order valence-corrected chi connectivity index (χ3v) is 4.62. The van der Waals surface area contributed by atoms with Gasteiger partial charge in [0.2, 0.25) is 0 Å². The van der Waals surface area contributed by atoms with E-state index in [1.54, 1.807) is 0 Å². The van der Waals surface area contributed by atoms with E-state index in [0.717, 1.165) is 22.1 Å². The fraction of sp³-hybridized carbons (Fsp3) is 0.368. The molecule has 1 atom stereocenters. The first-order valence-electron chi connectivity index (χ1n) is 8.50. The Labute approximate surface area is 146 Å². The number of carbonyl (C=O) groups excluding carboxylic acids is 1. The SMILES string of the molecule is Cc1cnn(CC2CN(C(=O)c3oc4ccccc4c3C)CCO2)c1. The number of amides is 1. The zero-order valence-corrected chi connectivity index (χ0v) is 14.4. The molecule has 3 heterocycles. The van der Waals surface area contributed by atoms with Gasteiger partial charge in [0, 0.05) is 30.2 Å². The molecule has 0 radical (unpaired) electrons. The first-order chi connectivity index (χ1) is 12.1. The van der Waals surface area contributed by atoms with Crippen molar-refractivity contribution in [3.63, 3.8) is 0 Å². The second-order valence-electron chi connectivity index (χ2n) is 6.54. The average molecular weight is 339 g/mol. The third-order valence-electron chi connectivity index (χ3n) is 4.62.